The normalized spacial score (nSPS) is 12.4. The molecule has 2 heteroatoms. The van der Waals surface area contributed by atoms with E-state index in [1.54, 1.807) is 0 Å². The Morgan fingerprint density at radius 1 is 1.16 bits per heavy atom. The number of aryl methyl sites for hydroxylation is 2. The number of hydrogen-bond donors (Lipinski definition) is 1. The Kier molecular flexibility index (Phi) is 4.69. The molecule has 0 bridgehead atoms. The van der Waals surface area contributed by atoms with E-state index in [0.717, 1.165) is 12.8 Å². The van der Waals surface area contributed by atoms with E-state index in [0.29, 0.717) is 6.04 Å². The van der Waals surface area contributed by atoms with Gasteiger partial charge in [0, 0.05) is 18.4 Å². The SMILES string of the molecule is CNC(Cc1cccnc1)Cc1cc(C)ccc1C. The molecule has 0 amide bonds. The molecule has 19 heavy (non-hydrogen) atoms. The maximum atomic E-state index is 4.18. The summed E-state index contributed by atoms with van der Waals surface area (Å²) in [6.07, 6.45) is 5.84. The second-order valence-corrected chi connectivity index (χ2v) is 5.19. The highest BCUT2D eigenvalue weighted by Gasteiger charge is 2.10. The van der Waals surface area contributed by atoms with E-state index >= 15 is 0 Å². The monoisotopic (exact) mass is 254 g/mol. The topological polar surface area (TPSA) is 24.9 Å². The number of benzene rings is 1. The van der Waals surface area contributed by atoms with Crippen LogP contribution in [0.1, 0.15) is 22.3 Å². The molecule has 0 spiro atoms. The first-order valence-electron chi connectivity index (χ1n) is 6.81. The van der Waals surface area contributed by atoms with E-state index in [1.807, 2.05) is 25.5 Å². The summed E-state index contributed by atoms with van der Waals surface area (Å²) in [4.78, 5) is 4.18. The first-order valence-corrected chi connectivity index (χ1v) is 6.81. The predicted molar refractivity (Wildman–Crippen MR) is 80.4 cm³/mol. The summed E-state index contributed by atoms with van der Waals surface area (Å²) in [6, 6.07) is 11.3. The summed E-state index contributed by atoms with van der Waals surface area (Å²) in [7, 11) is 2.03. The van der Waals surface area contributed by atoms with Crippen LogP contribution in [0.5, 0.6) is 0 Å². The van der Waals surface area contributed by atoms with E-state index in [2.05, 4.69) is 48.4 Å². The van der Waals surface area contributed by atoms with Crippen LogP contribution < -0.4 is 5.32 Å². The van der Waals surface area contributed by atoms with Gasteiger partial charge in [0.15, 0.2) is 0 Å². The predicted octanol–water partition coefficient (Wildman–Crippen LogP) is 3.07. The van der Waals surface area contributed by atoms with Crippen LogP contribution in [0.3, 0.4) is 0 Å². The third-order valence-electron chi connectivity index (χ3n) is 3.58. The average molecular weight is 254 g/mol. The van der Waals surface area contributed by atoms with Crippen molar-refractivity contribution in [2.45, 2.75) is 32.7 Å². The van der Waals surface area contributed by atoms with E-state index in [-0.39, 0.29) is 0 Å². The Labute approximate surface area is 115 Å². The maximum Gasteiger partial charge on any atom is 0.0300 e. The maximum absolute atomic E-state index is 4.18. The zero-order valence-corrected chi connectivity index (χ0v) is 12.0. The van der Waals surface area contributed by atoms with Gasteiger partial charge in [-0.3, -0.25) is 4.98 Å². The highest BCUT2D eigenvalue weighted by molar-refractivity contribution is 5.31. The summed E-state index contributed by atoms with van der Waals surface area (Å²) < 4.78 is 0. The zero-order chi connectivity index (χ0) is 13.7. The lowest BCUT2D eigenvalue weighted by atomic mass is 9.96. The van der Waals surface area contributed by atoms with Crippen molar-refractivity contribution in [3.8, 4) is 0 Å². The van der Waals surface area contributed by atoms with Gasteiger partial charge in [-0.2, -0.15) is 0 Å². The Hall–Kier alpha value is -1.67. The number of aromatic nitrogens is 1. The van der Waals surface area contributed by atoms with Gasteiger partial charge >= 0.3 is 0 Å². The highest BCUT2D eigenvalue weighted by Crippen LogP contribution is 2.14. The Morgan fingerprint density at radius 2 is 2.00 bits per heavy atom. The van der Waals surface area contributed by atoms with Crippen molar-refractivity contribution in [3.05, 3.63) is 65.0 Å². The fraction of sp³-hybridized carbons (Fsp3) is 0.353. The minimum absolute atomic E-state index is 0.449. The molecule has 1 unspecified atom stereocenters. The molecule has 1 N–H and O–H groups in total. The van der Waals surface area contributed by atoms with Gasteiger partial charge in [0.05, 0.1) is 0 Å². The van der Waals surface area contributed by atoms with Crippen LogP contribution >= 0.6 is 0 Å². The average Bonchev–Trinajstić information content (AvgIpc) is 2.43. The summed E-state index contributed by atoms with van der Waals surface area (Å²) >= 11 is 0. The molecule has 0 aliphatic heterocycles. The van der Waals surface area contributed by atoms with Crippen molar-refractivity contribution in [1.82, 2.24) is 10.3 Å². The van der Waals surface area contributed by atoms with Crippen LogP contribution in [0.2, 0.25) is 0 Å². The largest absolute Gasteiger partial charge is 0.316 e. The van der Waals surface area contributed by atoms with Crippen LogP contribution in [0.4, 0.5) is 0 Å². The van der Waals surface area contributed by atoms with Crippen molar-refractivity contribution in [2.24, 2.45) is 0 Å². The van der Waals surface area contributed by atoms with E-state index in [1.165, 1.54) is 22.3 Å². The highest BCUT2D eigenvalue weighted by atomic mass is 14.9. The number of likely N-dealkylation sites (N-methyl/N-ethyl adjacent to an activating group) is 1. The minimum Gasteiger partial charge on any atom is -0.316 e. The molecule has 1 aromatic heterocycles. The first kappa shape index (κ1) is 13.8. The molecule has 1 atom stereocenters. The molecule has 0 saturated heterocycles. The second kappa shape index (κ2) is 6.48. The quantitative estimate of drug-likeness (QED) is 0.887. The molecule has 0 fully saturated rings. The molecular formula is C17H22N2. The summed E-state index contributed by atoms with van der Waals surface area (Å²) in [5, 5.41) is 3.42. The molecule has 0 aliphatic rings. The Morgan fingerprint density at radius 3 is 2.68 bits per heavy atom. The fourth-order valence-electron chi connectivity index (χ4n) is 2.37. The third kappa shape index (κ3) is 3.90. The van der Waals surface area contributed by atoms with E-state index < -0.39 is 0 Å². The fourth-order valence-corrected chi connectivity index (χ4v) is 2.37. The van der Waals surface area contributed by atoms with Gasteiger partial charge in [-0.25, -0.2) is 0 Å². The first-order chi connectivity index (χ1) is 9.19. The van der Waals surface area contributed by atoms with Crippen LogP contribution in [0, 0.1) is 13.8 Å². The number of nitrogens with zero attached hydrogens (tertiary/aromatic N) is 1. The molecule has 2 rings (SSSR count). The summed E-state index contributed by atoms with van der Waals surface area (Å²) in [5.41, 5.74) is 5.42. The van der Waals surface area contributed by atoms with Gasteiger partial charge in [0.1, 0.15) is 0 Å². The van der Waals surface area contributed by atoms with Crippen LogP contribution in [-0.4, -0.2) is 18.1 Å². The number of pyridine rings is 1. The van der Waals surface area contributed by atoms with Crippen LogP contribution in [-0.2, 0) is 12.8 Å². The van der Waals surface area contributed by atoms with Gasteiger partial charge in [-0.15, -0.1) is 0 Å². The summed E-state index contributed by atoms with van der Waals surface area (Å²) in [6.45, 7) is 4.34. The summed E-state index contributed by atoms with van der Waals surface area (Å²) in [5.74, 6) is 0. The number of nitrogens with one attached hydrogen (secondary N) is 1. The molecule has 2 nitrogen and oxygen atoms in total. The number of rotatable bonds is 5. The minimum atomic E-state index is 0.449. The van der Waals surface area contributed by atoms with Crippen molar-refractivity contribution < 1.29 is 0 Å². The lowest BCUT2D eigenvalue weighted by molar-refractivity contribution is 0.554. The van der Waals surface area contributed by atoms with Crippen molar-refractivity contribution in [1.29, 1.82) is 0 Å². The molecule has 0 radical (unpaired) electrons. The molecule has 0 aliphatic carbocycles. The van der Waals surface area contributed by atoms with Gasteiger partial charge < -0.3 is 5.32 Å². The Bertz CT molecular complexity index is 520. The zero-order valence-electron chi connectivity index (χ0n) is 12.0. The molecule has 1 aromatic carbocycles. The van der Waals surface area contributed by atoms with E-state index in [9.17, 15) is 0 Å². The second-order valence-electron chi connectivity index (χ2n) is 5.19. The van der Waals surface area contributed by atoms with Gasteiger partial charge in [0.2, 0.25) is 0 Å². The van der Waals surface area contributed by atoms with Gasteiger partial charge in [0.25, 0.3) is 0 Å². The van der Waals surface area contributed by atoms with E-state index in [4.69, 9.17) is 0 Å². The smallest absolute Gasteiger partial charge is 0.0300 e. The molecule has 2 aromatic rings. The molecule has 0 saturated carbocycles. The standard InChI is InChI=1S/C17H22N2/c1-13-6-7-14(2)16(9-13)11-17(18-3)10-15-5-4-8-19-12-15/h4-9,12,17-18H,10-11H2,1-3H3. The molecular weight excluding hydrogens is 232 g/mol. The Balaban J connectivity index is 2.09. The van der Waals surface area contributed by atoms with Crippen molar-refractivity contribution >= 4 is 0 Å². The lowest BCUT2D eigenvalue weighted by Crippen LogP contribution is -2.30. The van der Waals surface area contributed by atoms with Crippen LogP contribution in [0.15, 0.2) is 42.7 Å². The number of hydrogen-bond acceptors (Lipinski definition) is 2. The van der Waals surface area contributed by atoms with Crippen LogP contribution in [0.25, 0.3) is 0 Å². The lowest BCUT2D eigenvalue weighted by Gasteiger charge is -2.18. The molecule has 1 heterocycles. The van der Waals surface area contributed by atoms with Crippen molar-refractivity contribution in [2.75, 3.05) is 7.05 Å². The van der Waals surface area contributed by atoms with Gasteiger partial charge in [-0.05, 0) is 56.5 Å². The molecule has 100 valence electrons. The van der Waals surface area contributed by atoms with Gasteiger partial charge in [-0.1, -0.05) is 29.8 Å². The van der Waals surface area contributed by atoms with Crippen molar-refractivity contribution in [3.63, 3.8) is 0 Å². The third-order valence-corrected chi connectivity index (χ3v) is 3.58.